The van der Waals surface area contributed by atoms with Crippen LogP contribution in [0.4, 0.5) is 5.69 Å². The van der Waals surface area contributed by atoms with Crippen LogP contribution in [0.1, 0.15) is 6.42 Å². The third kappa shape index (κ3) is 2.06. The lowest BCUT2D eigenvalue weighted by atomic mass is 10.3. The molecule has 0 aliphatic carbocycles. The summed E-state index contributed by atoms with van der Waals surface area (Å²) in [5.41, 5.74) is 7.25. The molecule has 92 valence electrons. The number of amides is 2. The van der Waals surface area contributed by atoms with Gasteiger partial charge in [-0.1, -0.05) is 11.8 Å². The van der Waals surface area contributed by atoms with Gasteiger partial charge in [-0.15, -0.1) is 11.3 Å². The quantitative estimate of drug-likeness (QED) is 0.641. The van der Waals surface area contributed by atoms with Crippen LogP contribution in [0.2, 0.25) is 0 Å². The average Bonchev–Trinajstić information content (AvgIpc) is 2.82. The molecule has 18 heavy (non-hydrogen) atoms. The van der Waals surface area contributed by atoms with Gasteiger partial charge in [0.1, 0.15) is 0 Å². The normalized spacial score (nSPS) is 19.4. The van der Waals surface area contributed by atoms with Crippen LogP contribution in [-0.4, -0.2) is 22.0 Å². The minimum absolute atomic E-state index is 0.220. The second-order valence-electron chi connectivity index (χ2n) is 3.93. The molecule has 0 radical (unpaired) electrons. The molecule has 3 rings (SSSR count). The van der Waals surface area contributed by atoms with Crippen LogP contribution in [-0.2, 0) is 9.59 Å². The van der Waals surface area contributed by atoms with E-state index in [1.165, 1.54) is 23.1 Å². The minimum Gasteiger partial charge on any atom is -0.399 e. The van der Waals surface area contributed by atoms with Crippen molar-refractivity contribution < 1.29 is 9.59 Å². The number of rotatable bonds is 2. The zero-order chi connectivity index (χ0) is 12.7. The first-order chi connectivity index (χ1) is 8.61. The number of thiazole rings is 1. The number of hydrogen-bond donors (Lipinski definition) is 2. The van der Waals surface area contributed by atoms with Crippen LogP contribution in [0, 0.1) is 0 Å². The summed E-state index contributed by atoms with van der Waals surface area (Å²) in [4.78, 5) is 27.0. The monoisotopic (exact) mass is 279 g/mol. The Morgan fingerprint density at radius 3 is 3.00 bits per heavy atom. The Labute approximate surface area is 111 Å². The lowest BCUT2D eigenvalue weighted by molar-refractivity contribution is -0.124. The third-order valence-corrected chi connectivity index (χ3v) is 4.87. The van der Waals surface area contributed by atoms with Gasteiger partial charge >= 0.3 is 0 Å². The molecule has 5 nitrogen and oxygen atoms in total. The first-order valence-electron chi connectivity index (χ1n) is 5.28. The largest absolute Gasteiger partial charge is 0.399 e. The van der Waals surface area contributed by atoms with E-state index >= 15 is 0 Å². The van der Waals surface area contributed by atoms with E-state index in [1.807, 2.05) is 12.1 Å². The van der Waals surface area contributed by atoms with Crippen molar-refractivity contribution in [1.82, 2.24) is 10.3 Å². The fraction of sp³-hybridized carbons (Fsp3) is 0.182. The van der Waals surface area contributed by atoms with Crippen molar-refractivity contribution in [2.75, 3.05) is 5.73 Å². The van der Waals surface area contributed by atoms with Gasteiger partial charge in [0.25, 0.3) is 0 Å². The Hall–Kier alpha value is -1.60. The van der Waals surface area contributed by atoms with E-state index in [0.717, 1.165) is 14.6 Å². The lowest BCUT2D eigenvalue weighted by Gasteiger charge is -2.00. The van der Waals surface area contributed by atoms with E-state index in [9.17, 15) is 9.59 Å². The van der Waals surface area contributed by atoms with Crippen LogP contribution >= 0.6 is 23.1 Å². The van der Waals surface area contributed by atoms with Gasteiger partial charge < -0.3 is 5.73 Å². The van der Waals surface area contributed by atoms with E-state index in [4.69, 9.17) is 5.73 Å². The molecule has 2 heterocycles. The molecular formula is C11H9N3O2S2. The summed E-state index contributed by atoms with van der Waals surface area (Å²) in [6.45, 7) is 0. The molecule has 0 bridgehead atoms. The highest BCUT2D eigenvalue weighted by Crippen LogP contribution is 2.34. The van der Waals surface area contributed by atoms with Crippen molar-refractivity contribution in [3.63, 3.8) is 0 Å². The zero-order valence-corrected chi connectivity index (χ0v) is 10.8. The molecule has 1 aliphatic rings. The standard InChI is InChI=1S/C11H9N3O2S2/c12-5-1-2-6-7(3-5)17-11(13-6)18-8-4-9(15)14-10(8)16/h1-3,8H,4,12H2,(H,14,15,16). The summed E-state index contributed by atoms with van der Waals surface area (Å²) in [7, 11) is 0. The molecule has 2 amide bonds. The lowest BCUT2D eigenvalue weighted by Crippen LogP contribution is -2.22. The number of imide groups is 1. The molecule has 1 aromatic carbocycles. The molecule has 3 N–H and O–H groups in total. The highest BCUT2D eigenvalue weighted by molar-refractivity contribution is 8.02. The summed E-state index contributed by atoms with van der Waals surface area (Å²) in [6.07, 6.45) is 0.224. The number of nitrogen functional groups attached to an aromatic ring is 1. The summed E-state index contributed by atoms with van der Waals surface area (Å²) in [5, 5.41) is 1.92. The van der Waals surface area contributed by atoms with Crippen molar-refractivity contribution in [2.45, 2.75) is 16.0 Å². The van der Waals surface area contributed by atoms with Crippen LogP contribution in [0.3, 0.4) is 0 Å². The molecule has 1 saturated heterocycles. The molecule has 7 heteroatoms. The van der Waals surface area contributed by atoms with Gasteiger partial charge in [-0.3, -0.25) is 14.9 Å². The summed E-state index contributed by atoms with van der Waals surface area (Å²) >= 11 is 2.81. The van der Waals surface area contributed by atoms with E-state index in [-0.39, 0.29) is 23.5 Å². The number of thioether (sulfide) groups is 1. The number of anilines is 1. The molecule has 1 fully saturated rings. The fourth-order valence-corrected chi connectivity index (χ4v) is 4.07. The molecule has 1 aromatic heterocycles. The van der Waals surface area contributed by atoms with Gasteiger partial charge in [-0.05, 0) is 18.2 Å². The number of aromatic nitrogens is 1. The van der Waals surface area contributed by atoms with Gasteiger partial charge in [-0.25, -0.2) is 4.98 Å². The van der Waals surface area contributed by atoms with Gasteiger partial charge in [0.2, 0.25) is 11.8 Å². The predicted octanol–water partition coefficient (Wildman–Crippen LogP) is 1.39. The molecule has 1 atom stereocenters. The van der Waals surface area contributed by atoms with Crippen molar-refractivity contribution in [2.24, 2.45) is 0 Å². The average molecular weight is 279 g/mol. The van der Waals surface area contributed by atoms with Gasteiger partial charge in [0, 0.05) is 12.1 Å². The van der Waals surface area contributed by atoms with Crippen LogP contribution in [0.15, 0.2) is 22.5 Å². The van der Waals surface area contributed by atoms with E-state index in [1.54, 1.807) is 6.07 Å². The number of nitrogens with zero attached hydrogens (tertiary/aromatic N) is 1. The number of hydrogen-bond acceptors (Lipinski definition) is 6. The number of nitrogens with two attached hydrogens (primary N) is 1. The third-order valence-electron chi connectivity index (χ3n) is 2.56. The van der Waals surface area contributed by atoms with Crippen LogP contribution < -0.4 is 11.1 Å². The maximum Gasteiger partial charge on any atom is 0.240 e. The fourth-order valence-electron chi connectivity index (χ4n) is 1.72. The zero-order valence-electron chi connectivity index (χ0n) is 9.17. The van der Waals surface area contributed by atoms with Gasteiger partial charge in [0.15, 0.2) is 4.34 Å². The molecular weight excluding hydrogens is 270 g/mol. The highest BCUT2D eigenvalue weighted by atomic mass is 32.2. The van der Waals surface area contributed by atoms with Gasteiger partial charge in [0.05, 0.1) is 15.5 Å². The van der Waals surface area contributed by atoms with E-state index in [0.29, 0.717) is 5.69 Å². The van der Waals surface area contributed by atoms with Crippen molar-refractivity contribution in [3.05, 3.63) is 18.2 Å². The molecule has 0 spiro atoms. The summed E-state index contributed by atoms with van der Waals surface area (Å²) in [6, 6.07) is 5.50. The smallest absolute Gasteiger partial charge is 0.240 e. The Morgan fingerprint density at radius 2 is 2.28 bits per heavy atom. The summed E-state index contributed by atoms with van der Waals surface area (Å²) < 4.78 is 1.77. The van der Waals surface area contributed by atoms with Crippen molar-refractivity contribution in [3.8, 4) is 0 Å². The first kappa shape index (κ1) is 11.5. The first-order valence-corrected chi connectivity index (χ1v) is 6.98. The highest BCUT2D eigenvalue weighted by Gasteiger charge is 2.32. The Bertz CT molecular complexity index is 653. The number of carbonyl (C=O) groups excluding carboxylic acids is 2. The number of fused-ring (bicyclic) bond motifs is 1. The maximum atomic E-state index is 11.5. The Kier molecular flexibility index (Phi) is 2.71. The molecule has 1 unspecified atom stereocenters. The molecule has 0 saturated carbocycles. The Balaban J connectivity index is 1.87. The number of nitrogens with one attached hydrogen (secondary N) is 1. The van der Waals surface area contributed by atoms with Crippen LogP contribution in [0.25, 0.3) is 10.2 Å². The number of benzene rings is 1. The number of carbonyl (C=O) groups is 2. The van der Waals surface area contributed by atoms with Crippen LogP contribution in [0.5, 0.6) is 0 Å². The van der Waals surface area contributed by atoms with Crippen molar-refractivity contribution in [1.29, 1.82) is 0 Å². The predicted molar refractivity (Wildman–Crippen MR) is 71.4 cm³/mol. The second-order valence-corrected chi connectivity index (χ2v) is 6.41. The summed E-state index contributed by atoms with van der Waals surface area (Å²) in [5.74, 6) is -0.452. The van der Waals surface area contributed by atoms with Gasteiger partial charge in [-0.2, -0.15) is 0 Å². The minimum atomic E-state index is -0.365. The Morgan fingerprint density at radius 1 is 1.44 bits per heavy atom. The topological polar surface area (TPSA) is 85.1 Å². The second kappa shape index (κ2) is 4.25. The molecule has 2 aromatic rings. The van der Waals surface area contributed by atoms with E-state index in [2.05, 4.69) is 10.3 Å². The molecule has 1 aliphatic heterocycles. The SMILES string of the molecule is Nc1ccc2nc(SC3CC(=O)NC3=O)sc2c1. The van der Waals surface area contributed by atoms with Crippen molar-refractivity contribution >= 4 is 50.8 Å². The maximum absolute atomic E-state index is 11.5. The van der Waals surface area contributed by atoms with E-state index < -0.39 is 0 Å².